The number of anilines is 1. The van der Waals surface area contributed by atoms with Crippen molar-refractivity contribution in [1.29, 1.82) is 0 Å². The lowest BCUT2D eigenvalue weighted by atomic mass is 10.1. The molecule has 88 valence electrons. The Labute approximate surface area is 98.9 Å². The monoisotopic (exact) mass is 240 g/mol. The number of carbonyl (C=O) groups excluding carboxylic acids is 1. The molecule has 0 spiro atoms. The van der Waals surface area contributed by atoms with Crippen LogP contribution in [0, 0.1) is 6.92 Å². The SMILES string of the molecule is Cc1csc(NC(=O)CN(C)C2CNC2)n1. The van der Waals surface area contributed by atoms with E-state index in [2.05, 4.69) is 20.5 Å². The predicted molar refractivity (Wildman–Crippen MR) is 64.8 cm³/mol. The van der Waals surface area contributed by atoms with Gasteiger partial charge in [-0.3, -0.25) is 9.69 Å². The van der Waals surface area contributed by atoms with Gasteiger partial charge in [0.1, 0.15) is 0 Å². The van der Waals surface area contributed by atoms with E-state index in [1.807, 2.05) is 19.4 Å². The van der Waals surface area contributed by atoms with Crippen LogP contribution in [-0.2, 0) is 4.79 Å². The fourth-order valence-electron chi connectivity index (χ4n) is 1.51. The molecule has 6 heteroatoms. The van der Waals surface area contributed by atoms with Gasteiger partial charge in [-0.25, -0.2) is 4.98 Å². The normalized spacial score (nSPS) is 16.2. The third-order valence-electron chi connectivity index (χ3n) is 2.64. The number of thiazole rings is 1. The molecule has 1 amide bonds. The quantitative estimate of drug-likeness (QED) is 0.794. The van der Waals surface area contributed by atoms with E-state index in [9.17, 15) is 4.79 Å². The van der Waals surface area contributed by atoms with Crippen LogP contribution in [0.1, 0.15) is 5.69 Å². The molecular formula is C10H16N4OS. The smallest absolute Gasteiger partial charge is 0.240 e. The van der Waals surface area contributed by atoms with Gasteiger partial charge in [0.2, 0.25) is 5.91 Å². The summed E-state index contributed by atoms with van der Waals surface area (Å²) in [6.07, 6.45) is 0. The molecule has 5 nitrogen and oxygen atoms in total. The summed E-state index contributed by atoms with van der Waals surface area (Å²) >= 11 is 1.46. The molecule has 2 rings (SSSR count). The first-order valence-electron chi connectivity index (χ1n) is 5.28. The summed E-state index contributed by atoms with van der Waals surface area (Å²) in [5.74, 6) is 0.00347. The molecule has 1 aromatic heterocycles. The summed E-state index contributed by atoms with van der Waals surface area (Å²) in [5, 5.41) is 8.60. The Morgan fingerprint density at radius 1 is 1.75 bits per heavy atom. The predicted octanol–water partition coefficient (Wildman–Crippen LogP) is 0.294. The van der Waals surface area contributed by atoms with Crippen molar-refractivity contribution in [2.75, 3.05) is 32.0 Å². The molecule has 16 heavy (non-hydrogen) atoms. The summed E-state index contributed by atoms with van der Waals surface area (Å²) < 4.78 is 0. The lowest BCUT2D eigenvalue weighted by Gasteiger charge is -2.35. The lowest BCUT2D eigenvalue weighted by Crippen LogP contribution is -2.57. The molecule has 1 saturated heterocycles. The van der Waals surface area contributed by atoms with Crippen LogP contribution in [0.5, 0.6) is 0 Å². The van der Waals surface area contributed by atoms with Crippen molar-refractivity contribution in [3.63, 3.8) is 0 Å². The first-order valence-corrected chi connectivity index (χ1v) is 6.16. The van der Waals surface area contributed by atoms with E-state index < -0.39 is 0 Å². The van der Waals surface area contributed by atoms with Crippen LogP contribution < -0.4 is 10.6 Å². The van der Waals surface area contributed by atoms with E-state index in [1.165, 1.54) is 11.3 Å². The molecule has 0 bridgehead atoms. The zero-order chi connectivity index (χ0) is 11.5. The van der Waals surface area contributed by atoms with E-state index in [0.717, 1.165) is 18.8 Å². The third-order valence-corrected chi connectivity index (χ3v) is 3.52. The molecule has 0 radical (unpaired) electrons. The standard InChI is InChI=1S/C10H16N4OS/c1-7-6-16-10(12-7)13-9(15)5-14(2)8-3-11-4-8/h6,8,11H,3-5H2,1-2H3,(H,12,13,15). The van der Waals surface area contributed by atoms with Gasteiger partial charge in [-0.15, -0.1) is 11.3 Å². The third kappa shape index (κ3) is 2.78. The topological polar surface area (TPSA) is 57.3 Å². The number of aryl methyl sites for hydroxylation is 1. The maximum atomic E-state index is 11.7. The average Bonchev–Trinajstić information content (AvgIpc) is 2.47. The Morgan fingerprint density at radius 3 is 3.00 bits per heavy atom. The lowest BCUT2D eigenvalue weighted by molar-refractivity contribution is -0.117. The first-order chi connectivity index (χ1) is 7.65. The highest BCUT2D eigenvalue weighted by Crippen LogP contribution is 2.14. The van der Waals surface area contributed by atoms with E-state index >= 15 is 0 Å². The van der Waals surface area contributed by atoms with Crippen LogP contribution in [0.15, 0.2) is 5.38 Å². The van der Waals surface area contributed by atoms with Crippen LogP contribution in [0.25, 0.3) is 0 Å². The van der Waals surface area contributed by atoms with Gasteiger partial charge < -0.3 is 10.6 Å². The Balaban J connectivity index is 1.79. The van der Waals surface area contributed by atoms with Gasteiger partial charge in [0.05, 0.1) is 12.2 Å². The van der Waals surface area contributed by atoms with Crippen molar-refractivity contribution in [2.24, 2.45) is 0 Å². The number of hydrogen-bond donors (Lipinski definition) is 2. The zero-order valence-electron chi connectivity index (χ0n) is 9.49. The number of likely N-dealkylation sites (N-methyl/N-ethyl adjacent to an activating group) is 1. The number of aromatic nitrogens is 1. The Bertz CT molecular complexity index is 375. The number of hydrogen-bond acceptors (Lipinski definition) is 5. The van der Waals surface area contributed by atoms with Gasteiger partial charge in [-0.1, -0.05) is 0 Å². The molecule has 1 aliphatic rings. The molecule has 1 aromatic rings. The largest absolute Gasteiger partial charge is 0.314 e. The molecule has 1 aliphatic heterocycles. The number of nitrogens with zero attached hydrogens (tertiary/aromatic N) is 2. The zero-order valence-corrected chi connectivity index (χ0v) is 10.3. The van der Waals surface area contributed by atoms with Crippen molar-refractivity contribution < 1.29 is 4.79 Å². The number of rotatable bonds is 4. The van der Waals surface area contributed by atoms with Crippen LogP contribution in [0.4, 0.5) is 5.13 Å². The minimum atomic E-state index is 0.00347. The highest BCUT2D eigenvalue weighted by molar-refractivity contribution is 7.13. The second-order valence-electron chi connectivity index (χ2n) is 4.07. The van der Waals surface area contributed by atoms with E-state index in [4.69, 9.17) is 0 Å². The molecule has 0 aromatic carbocycles. The first kappa shape index (κ1) is 11.5. The van der Waals surface area contributed by atoms with Crippen molar-refractivity contribution in [1.82, 2.24) is 15.2 Å². The van der Waals surface area contributed by atoms with Gasteiger partial charge >= 0.3 is 0 Å². The molecule has 2 N–H and O–H groups in total. The summed E-state index contributed by atoms with van der Waals surface area (Å²) in [7, 11) is 1.97. The number of amides is 1. The van der Waals surface area contributed by atoms with Crippen molar-refractivity contribution in [3.05, 3.63) is 11.1 Å². The highest BCUT2D eigenvalue weighted by Gasteiger charge is 2.23. The maximum Gasteiger partial charge on any atom is 0.240 e. The van der Waals surface area contributed by atoms with Gasteiger partial charge in [0.25, 0.3) is 0 Å². The van der Waals surface area contributed by atoms with E-state index in [1.54, 1.807) is 0 Å². The Kier molecular flexibility index (Phi) is 3.52. The van der Waals surface area contributed by atoms with Gasteiger partial charge in [-0.2, -0.15) is 0 Å². The van der Waals surface area contributed by atoms with Crippen LogP contribution >= 0.6 is 11.3 Å². The van der Waals surface area contributed by atoms with Crippen molar-refractivity contribution >= 4 is 22.4 Å². The minimum absolute atomic E-state index is 0.00347. The molecule has 0 unspecified atom stereocenters. The second-order valence-corrected chi connectivity index (χ2v) is 4.93. The Hall–Kier alpha value is -0.980. The van der Waals surface area contributed by atoms with E-state index in [-0.39, 0.29) is 5.91 Å². The fourth-order valence-corrected chi connectivity index (χ4v) is 2.22. The molecule has 1 fully saturated rings. The van der Waals surface area contributed by atoms with Crippen molar-refractivity contribution in [3.8, 4) is 0 Å². The van der Waals surface area contributed by atoms with Gasteiger partial charge in [0.15, 0.2) is 5.13 Å². The second kappa shape index (κ2) is 4.90. The number of carbonyl (C=O) groups is 1. The number of nitrogens with one attached hydrogen (secondary N) is 2. The molecular weight excluding hydrogens is 224 g/mol. The minimum Gasteiger partial charge on any atom is -0.314 e. The summed E-state index contributed by atoms with van der Waals surface area (Å²) in [5.41, 5.74) is 0.942. The average molecular weight is 240 g/mol. The van der Waals surface area contributed by atoms with Gasteiger partial charge in [-0.05, 0) is 14.0 Å². The fraction of sp³-hybridized carbons (Fsp3) is 0.600. The molecule has 0 aliphatic carbocycles. The van der Waals surface area contributed by atoms with Crippen LogP contribution in [0.3, 0.4) is 0 Å². The summed E-state index contributed by atoms with van der Waals surface area (Å²) in [6.45, 7) is 4.28. The molecule has 2 heterocycles. The van der Waals surface area contributed by atoms with Crippen molar-refractivity contribution in [2.45, 2.75) is 13.0 Å². The molecule has 0 atom stereocenters. The van der Waals surface area contributed by atoms with Gasteiger partial charge in [0, 0.05) is 24.5 Å². The van der Waals surface area contributed by atoms with Crippen LogP contribution in [0.2, 0.25) is 0 Å². The maximum absolute atomic E-state index is 11.7. The van der Waals surface area contributed by atoms with Crippen LogP contribution in [-0.4, -0.2) is 48.5 Å². The van der Waals surface area contributed by atoms with E-state index in [0.29, 0.717) is 17.7 Å². The summed E-state index contributed by atoms with van der Waals surface area (Å²) in [6, 6.07) is 0.490. The summed E-state index contributed by atoms with van der Waals surface area (Å²) in [4.78, 5) is 17.9. The Morgan fingerprint density at radius 2 is 2.50 bits per heavy atom. The molecule has 0 saturated carbocycles. The highest BCUT2D eigenvalue weighted by atomic mass is 32.1.